The summed E-state index contributed by atoms with van der Waals surface area (Å²) in [7, 11) is 0. The third kappa shape index (κ3) is 4.83. The molecule has 0 saturated carbocycles. The number of hydrogen-bond donors (Lipinski definition) is 1. The zero-order chi connectivity index (χ0) is 16.1. The summed E-state index contributed by atoms with van der Waals surface area (Å²) in [5.74, 6) is -0.188. The summed E-state index contributed by atoms with van der Waals surface area (Å²) in [6.07, 6.45) is 0.262. The van der Waals surface area contributed by atoms with Crippen LogP contribution in [0.1, 0.15) is 18.1 Å². The standard InChI is InChI=1S/C16H13BrCl2N2O/c1-10(14-7-6-13(18)9-15(14)19)20-21-16(22)8-11-2-4-12(17)5-3-11/h2-7,9H,8H2,1H3,(H,21,22). The molecule has 0 heterocycles. The third-order valence-electron chi connectivity index (χ3n) is 2.95. The molecule has 0 fully saturated rings. The van der Waals surface area contributed by atoms with Gasteiger partial charge in [-0.15, -0.1) is 0 Å². The number of nitrogens with one attached hydrogen (secondary N) is 1. The molecule has 0 bridgehead atoms. The van der Waals surface area contributed by atoms with Crippen molar-refractivity contribution in [3.05, 3.63) is 68.1 Å². The molecule has 22 heavy (non-hydrogen) atoms. The minimum atomic E-state index is -0.188. The topological polar surface area (TPSA) is 41.5 Å². The molecule has 6 heteroatoms. The Hall–Kier alpha value is -1.36. The van der Waals surface area contributed by atoms with Gasteiger partial charge in [-0.05, 0) is 36.8 Å². The Morgan fingerprint density at radius 1 is 1.18 bits per heavy atom. The highest BCUT2D eigenvalue weighted by atomic mass is 79.9. The number of carbonyl (C=O) groups is 1. The van der Waals surface area contributed by atoms with E-state index in [9.17, 15) is 4.79 Å². The fourth-order valence-corrected chi connectivity index (χ4v) is 2.63. The van der Waals surface area contributed by atoms with E-state index in [0.717, 1.165) is 15.6 Å². The summed E-state index contributed by atoms with van der Waals surface area (Å²) in [4.78, 5) is 11.9. The van der Waals surface area contributed by atoms with Crippen LogP contribution in [0.3, 0.4) is 0 Å². The molecule has 0 unspecified atom stereocenters. The van der Waals surface area contributed by atoms with Crippen molar-refractivity contribution in [2.24, 2.45) is 5.10 Å². The van der Waals surface area contributed by atoms with E-state index in [2.05, 4.69) is 26.5 Å². The van der Waals surface area contributed by atoms with E-state index in [-0.39, 0.29) is 12.3 Å². The first-order valence-electron chi connectivity index (χ1n) is 6.48. The minimum absolute atomic E-state index is 0.188. The van der Waals surface area contributed by atoms with Crippen LogP contribution in [0.25, 0.3) is 0 Å². The average Bonchev–Trinajstić information content (AvgIpc) is 2.47. The van der Waals surface area contributed by atoms with Crippen LogP contribution >= 0.6 is 39.1 Å². The number of carbonyl (C=O) groups excluding carboxylic acids is 1. The van der Waals surface area contributed by atoms with Crippen molar-refractivity contribution in [2.75, 3.05) is 0 Å². The second-order valence-electron chi connectivity index (χ2n) is 4.66. The van der Waals surface area contributed by atoms with E-state index in [0.29, 0.717) is 15.8 Å². The molecule has 2 rings (SSSR count). The molecule has 0 radical (unpaired) electrons. The molecule has 0 spiro atoms. The number of hydrogen-bond acceptors (Lipinski definition) is 2. The van der Waals surface area contributed by atoms with Crippen molar-refractivity contribution >= 4 is 50.8 Å². The van der Waals surface area contributed by atoms with Crippen molar-refractivity contribution < 1.29 is 4.79 Å². The van der Waals surface area contributed by atoms with Crippen LogP contribution in [-0.2, 0) is 11.2 Å². The largest absolute Gasteiger partial charge is 0.273 e. The highest BCUT2D eigenvalue weighted by molar-refractivity contribution is 9.10. The Balaban J connectivity index is 2.00. The van der Waals surface area contributed by atoms with Gasteiger partial charge < -0.3 is 0 Å². The van der Waals surface area contributed by atoms with Crippen LogP contribution in [0.15, 0.2) is 52.0 Å². The highest BCUT2D eigenvalue weighted by Crippen LogP contribution is 2.21. The number of halogens is 3. The van der Waals surface area contributed by atoms with Gasteiger partial charge in [0.1, 0.15) is 0 Å². The quantitative estimate of drug-likeness (QED) is 0.580. The molecule has 114 valence electrons. The third-order valence-corrected chi connectivity index (χ3v) is 4.02. The van der Waals surface area contributed by atoms with Crippen molar-refractivity contribution in [1.29, 1.82) is 0 Å². The molecule has 0 aromatic heterocycles. The maximum absolute atomic E-state index is 11.9. The van der Waals surface area contributed by atoms with Gasteiger partial charge in [0.05, 0.1) is 17.2 Å². The average molecular weight is 400 g/mol. The summed E-state index contributed by atoms with van der Waals surface area (Å²) >= 11 is 15.3. The second-order valence-corrected chi connectivity index (χ2v) is 6.42. The van der Waals surface area contributed by atoms with Crippen molar-refractivity contribution in [3.63, 3.8) is 0 Å². The molecular formula is C16H13BrCl2N2O. The molecule has 0 aliphatic carbocycles. The smallest absolute Gasteiger partial charge is 0.244 e. The summed E-state index contributed by atoms with van der Waals surface area (Å²) in [6, 6.07) is 12.7. The Morgan fingerprint density at radius 2 is 1.86 bits per heavy atom. The Morgan fingerprint density at radius 3 is 2.50 bits per heavy atom. The van der Waals surface area contributed by atoms with Crippen LogP contribution in [0.5, 0.6) is 0 Å². The van der Waals surface area contributed by atoms with Crippen LogP contribution in [0.2, 0.25) is 10.0 Å². The van der Waals surface area contributed by atoms with Gasteiger partial charge >= 0.3 is 0 Å². The monoisotopic (exact) mass is 398 g/mol. The molecule has 2 aromatic carbocycles. The second kappa shape index (κ2) is 7.77. The predicted octanol–water partition coefficient (Wildman–Crippen LogP) is 4.84. The van der Waals surface area contributed by atoms with E-state index in [4.69, 9.17) is 23.2 Å². The van der Waals surface area contributed by atoms with Crippen LogP contribution < -0.4 is 5.43 Å². The lowest BCUT2D eigenvalue weighted by Crippen LogP contribution is -2.21. The molecule has 2 aromatic rings. The lowest BCUT2D eigenvalue weighted by atomic mass is 10.1. The SMILES string of the molecule is CC(=NNC(=O)Cc1ccc(Br)cc1)c1ccc(Cl)cc1Cl. The van der Waals surface area contributed by atoms with Gasteiger partial charge in [-0.1, -0.05) is 57.3 Å². The van der Waals surface area contributed by atoms with Crippen LogP contribution in [-0.4, -0.2) is 11.6 Å². The molecule has 0 atom stereocenters. The fourth-order valence-electron chi connectivity index (χ4n) is 1.82. The van der Waals surface area contributed by atoms with Gasteiger partial charge in [0.15, 0.2) is 0 Å². The number of amides is 1. The molecule has 1 amide bonds. The van der Waals surface area contributed by atoms with Gasteiger partial charge in [0.25, 0.3) is 0 Å². The number of benzene rings is 2. The van der Waals surface area contributed by atoms with Crippen molar-refractivity contribution in [3.8, 4) is 0 Å². The first-order valence-corrected chi connectivity index (χ1v) is 8.03. The first-order chi connectivity index (χ1) is 10.5. The van der Waals surface area contributed by atoms with Gasteiger partial charge in [-0.2, -0.15) is 5.10 Å². The van der Waals surface area contributed by atoms with Crippen molar-refractivity contribution in [1.82, 2.24) is 5.43 Å². The van der Waals surface area contributed by atoms with Gasteiger partial charge in [0, 0.05) is 15.1 Å². The van der Waals surface area contributed by atoms with E-state index >= 15 is 0 Å². The Bertz CT molecular complexity index is 715. The molecule has 0 aliphatic rings. The van der Waals surface area contributed by atoms with E-state index in [1.54, 1.807) is 25.1 Å². The molecule has 0 saturated heterocycles. The highest BCUT2D eigenvalue weighted by Gasteiger charge is 2.06. The summed E-state index contributed by atoms with van der Waals surface area (Å²) < 4.78 is 0.975. The van der Waals surface area contributed by atoms with Gasteiger partial charge in [-0.3, -0.25) is 4.79 Å². The summed E-state index contributed by atoms with van der Waals surface area (Å²) in [5, 5.41) is 5.13. The summed E-state index contributed by atoms with van der Waals surface area (Å²) in [6.45, 7) is 1.77. The predicted molar refractivity (Wildman–Crippen MR) is 94.7 cm³/mol. The lowest BCUT2D eigenvalue weighted by molar-refractivity contribution is -0.120. The Labute approximate surface area is 147 Å². The Kier molecular flexibility index (Phi) is 6.00. The van der Waals surface area contributed by atoms with Gasteiger partial charge in [-0.25, -0.2) is 5.43 Å². The fraction of sp³-hybridized carbons (Fsp3) is 0.125. The molecular weight excluding hydrogens is 387 g/mol. The summed E-state index contributed by atoms with van der Waals surface area (Å²) in [5.41, 5.74) is 4.79. The number of hydrazone groups is 1. The van der Waals surface area contributed by atoms with E-state index in [1.165, 1.54) is 0 Å². The minimum Gasteiger partial charge on any atom is -0.273 e. The number of nitrogens with zero attached hydrogens (tertiary/aromatic N) is 1. The van der Waals surface area contributed by atoms with E-state index in [1.807, 2.05) is 24.3 Å². The van der Waals surface area contributed by atoms with Gasteiger partial charge in [0.2, 0.25) is 5.91 Å². The first kappa shape index (κ1) is 17.0. The lowest BCUT2D eigenvalue weighted by Gasteiger charge is -2.05. The normalized spacial score (nSPS) is 11.4. The molecule has 1 N–H and O–H groups in total. The maximum Gasteiger partial charge on any atom is 0.244 e. The molecule has 3 nitrogen and oxygen atoms in total. The number of rotatable bonds is 4. The molecule has 0 aliphatic heterocycles. The zero-order valence-electron chi connectivity index (χ0n) is 11.7. The zero-order valence-corrected chi connectivity index (χ0v) is 14.8. The maximum atomic E-state index is 11.9. The van der Waals surface area contributed by atoms with Crippen LogP contribution in [0, 0.1) is 0 Å². The van der Waals surface area contributed by atoms with Crippen LogP contribution in [0.4, 0.5) is 0 Å². The van der Waals surface area contributed by atoms with E-state index < -0.39 is 0 Å². The van der Waals surface area contributed by atoms with Crippen molar-refractivity contribution in [2.45, 2.75) is 13.3 Å².